The van der Waals surface area contributed by atoms with Crippen LogP contribution in [0.3, 0.4) is 0 Å². The number of likely N-dealkylation sites (N-methyl/N-ethyl adjacent to an activating group) is 1. The van der Waals surface area contributed by atoms with Crippen molar-refractivity contribution < 1.29 is 23.6 Å². The zero-order chi connectivity index (χ0) is 19.6. The number of halogens is 1. The third kappa shape index (κ3) is 3.72. The molecular weight excluding hydrogens is 373 g/mol. The molecule has 1 fully saturated rings. The minimum absolute atomic E-state index is 0.0505. The van der Waals surface area contributed by atoms with Gasteiger partial charge in [-0.05, 0) is 36.1 Å². The van der Waals surface area contributed by atoms with Crippen molar-refractivity contribution in [3.8, 4) is 0 Å². The van der Waals surface area contributed by atoms with E-state index < -0.39 is 42.2 Å². The summed E-state index contributed by atoms with van der Waals surface area (Å²) in [6.07, 6.45) is 0. The van der Waals surface area contributed by atoms with Gasteiger partial charge in [0.1, 0.15) is 12.4 Å². The molecule has 1 aromatic carbocycles. The van der Waals surface area contributed by atoms with Crippen molar-refractivity contribution in [2.75, 3.05) is 13.1 Å². The van der Waals surface area contributed by atoms with E-state index >= 15 is 0 Å². The lowest BCUT2D eigenvalue weighted by Gasteiger charge is -2.20. The van der Waals surface area contributed by atoms with E-state index in [2.05, 4.69) is 5.32 Å². The third-order valence-electron chi connectivity index (χ3n) is 4.09. The number of benzene rings is 1. The Hall–Kier alpha value is -3.07. The lowest BCUT2D eigenvalue weighted by molar-refractivity contribution is -0.144. The third-order valence-corrected chi connectivity index (χ3v) is 5.03. The predicted octanol–water partition coefficient (Wildman–Crippen LogP) is 1.90. The maximum atomic E-state index is 13.2. The van der Waals surface area contributed by atoms with Crippen molar-refractivity contribution in [2.24, 2.45) is 0 Å². The first-order chi connectivity index (χ1) is 12.9. The Morgan fingerprint density at radius 2 is 1.78 bits per heavy atom. The lowest BCUT2D eigenvalue weighted by Crippen LogP contribution is -2.42. The van der Waals surface area contributed by atoms with Gasteiger partial charge in [-0.15, -0.1) is 11.3 Å². The van der Waals surface area contributed by atoms with Crippen LogP contribution in [0.1, 0.15) is 23.4 Å². The van der Waals surface area contributed by atoms with Gasteiger partial charge in [-0.3, -0.25) is 19.3 Å². The molecule has 1 atom stereocenters. The second kappa shape index (κ2) is 7.67. The van der Waals surface area contributed by atoms with Crippen LogP contribution in [0.15, 0.2) is 41.8 Å². The maximum Gasteiger partial charge on any atom is 0.334 e. The van der Waals surface area contributed by atoms with Gasteiger partial charge in [-0.1, -0.05) is 18.2 Å². The molecular formula is C18H16FN3O4S. The van der Waals surface area contributed by atoms with E-state index in [9.17, 15) is 23.6 Å². The molecule has 7 nitrogen and oxygen atoms in total. The summed E-state index contributed by atoms with van der Waals surface area (Å²) in [5.41, 5.74) is 0.650. The van der Waals surface area contributed by atoms with Crippen LogP contribution in [-0.2, 0) is 14.4 Å². The average molecular weight is 389 g/mol. The zero-order valence-corrected chi connectivity index (χ0v) is 15.2. The fourth-order valence-corrected chi connectivity index (χ4v) is 3.55. The van der Waals surface area contributed by atoms with Crippen molar-refractivity contribution >= 4 is 35.1 Å². The van der Waals surface area contributed by atoms with E-state index in [1.54, 1.807) is 19.1 Å². The number of hydrogen-bond donors (Lipinski definition) is 1. The molecule has 0 aliphatic carbocycles. The molecule has 1 aliphatic heterocycles. The van der Waals surface area contributed by atoms with Gasteiger partial charge in [0.25, 0.3) is 0 Å². The van der Waals surface area contributed by atoms with Crippen molar-refractivity contribution in [1.82, 2.24) is 15.1 Å². The van der Waals surface area contributed by atoms with Gasteiger partial charge in [0.2, 0.25) is 5.91 Å². The van der Waals surface area contributed by atoms with Gasteiger partial charge >= 0.3 is 17.8 Å². The summed E-state index contributed by atoms with van der Waals surface area (Å²) in [5.74, 6) is -2.97. The van der Waals surface area contributed by atoms with E-state index in [0.717, 1.165) is 9.78 Å². The standard InChI is InChI=1S/C18H16FN3O4S/c1-2-21-16(24)17(25)22(18(21)26)10-14(23)20-15(13-4-3-9-27-13)11-5-7-12(19)8-6-11/h3-9,15H,2,10H2,1H3,(H,20,23)/t15-/m0/s1. The van der Waals surface area contributed by atoms with Crippen molar-refractivity contribution in [3.63, 3.8) is 0 Å². The first-order valence-electron chi connectivity index (χ1n) is 8.18. The molecule has 1 aromatic heterocycles. The smallest absolute Gasteiger partial charge is 0.334 e. The summed E-state index contributed by atoms with van der Waals surface area (Å²) < 4.78 is 13.2. The quantitative estimate of drug-likeness (QED) is 0.604. The minimum atomic E-state index is -1.02. The Balaban J connectivity index is 1.77. The lowest BCUT2D eigenvalue weighted by atomic mass is 10.1. The van der Waals surface area contributed by atoms with Crippen LogP contribution in [0.4, 0.5) is 9.18 Å². The fourth-order valence-electron chi connectivity index (χ4n) is 2.75. The Bertz CT molecular complexity index is 883. The highest BCUT2D eigenvalue weighted by atomic mass is 32.1. The van der Waals surface area contributed by atoms with E-state index in [1.165, 1.54) is 23.5 Å². The predicted molar refractivity (Wildman–Crippen MR) is 95.2 cm³/mol. The second-order valence-electron chi connectivity index (χ2n) is 5.79. The number of nitrogens with zero attached hydrogens (tertiary/aromatic N) is 2. The van der Waals surface area contributed by atoms with Crippen LogP contribution >= 0.6 is 11.3 Å². The topological polar surface area (TPSA) is 86.8 Å². The normalized spacial score (nSPS) is 15.4. The minimum Gasteiger partial charge on any atom is -0.343 e. The van der Waals surface area contributed by atoms with Crippen LogP contribution in [0.25, 0.3) is 0 Å². The molecule has 0 spiro atoms. The van der Waals surface area contributed by atoms with E-state index in [-0.39, 0.29) is 6.54 Å². The number of amides is 5. The SMILES string of the molecule is CCN1C(=O)C(=O)N(CC(=O)N[C@@H](c2ccc(F)cc2)c2cccs2)C1=O. The van der Waals surface area contributed by atoms with Crippen LogP contribution in [0.5, 0.6) is 0 Å². The molecule has 0 bridgehead atoms. The summed E-state index contributed by atoms with van der Waals surface area (Å²) >= 11 is 1.40. The van der Waals surface area contributed by atoms with E-state index in [0.29, 0.717) is 10.5 Å². The Kier molecular flexibility index (Phi) is 5.31. The van der Waals surface area contributed by atoms with Crippen molar-refractivity contribution in [1.29, 1.82) is 0 Å². The number of urea groups is 1. The van der Waals surface area contributed by atoms with E-state index in [4.69, 9.17) is 0 Å². The molecule has 0 saturated carbocycles. The highest BCUT2D eigenvalue weighted by Crippen LogP contribution is 2.26. The molecule has 1 aliphatic rings. The molecule has 1 saturated heterocycles. The van der Waals surface area contributed by atoms with Crippen LogP contribution in [0, 0.1) is 5.82 Å². The molecule has 9 heteroatoms. The molecule has 2 heterocycles. The number of carbonyl (C=O) groups is 4. The average Bonchev–Trinajstić information content (AvgIpc) is 3.25. The molecule has 2 aromatic rings. The highest BCUT2D eigenvalue weighted by molar-refractivity contribution is 7.10. The van der Waals surface area contributed by atoms with Gasteiger partial charge in [0.05, 0.1) is 6.04 Å². The molecule has 0 radical (unpaired) electrons. The van der Waals surface area contributed by atoms with Gasteiger partial charge < -0.3 is 5.32 Å². The Morgan fingerprint density at radius 3 is 2.33 bits per heavy atom. The summed E-state index contributed by atoms with van der Waals surface area (Å²) in [4.78, 5) is 50.5. The summed E-state index contributed by atoms with van der Waals surface area (Å²) in [7, 11) is 0. The summed E-state index contributed by atoms with van der Waals surface area (Å²) in [6.45, 7) is 1.05. The highest BCUT2D eigenvalue weighted by Gasteiger charge is 2.44. The maximum absolute atomic E-state index is 13.2. The van der Waals surface area contributed by atoms with Gasteiger partial charge in [-0.2, -0.15) is 0 Å². The van der Waals surface area contributed by atoms with Gasteiger partial charge in [-0.25, -0.2) is 14.1 Å². The summed E-state index contributed by atoms with van der Waals surface area (Å²) in [6, 6.07) is 7.92. The largest absolute Gasteiger partial charge is 0.343 e. The molecule has 5 amide bonds. The second-order valence-corrected chi connectivity index (χ2v) is 6.77. The Morgan fingerprint density at radius 1 is 1.11 bits per heavy atom. The number of imide groups is 2. The molecule has 140 valence electrons. The van der Waals surface area contributed by atoms with Crippen LogP contribution in [0.2, 0.25) is 0 Å². The summed E-state index contributed by atoms with van der Waals surface area (Å²) in [5, 5.41) is 4.58. The van der Waals surface area contributed by atoms with Gasteiger partial charge in [0, 0.05) is 11.4 Å². The Labute approximate surface area is 158 Å². The number of rotatable bonds is 6. The number of hydrogen-bond acceptors (Lipinski definition) is 5. The first-order valence-corrected chi connectivity index (χ1v) is 9.06. The molecule has 27 heavy (non-hydrogen) atoms. The molecule has 1 N–H and O–H groups in total. The monoisotopic (exact) mass is 389 g/mol. The van der Waals surface area contributed by atoms with Crippen LogP contribution < -0.4 is 5.32 Å². The fraction of sp³-hybridized carbons (Fsp3) is 0.222. The first kappa shape index (κ1) is 18.7. The zero-order valence-electron chi connectivity index (χ0n) is 14.3. The number of thiophene rings is 1. The number of carbonyl (C=O) groups excluding carboxylic acids is 4. The molecule has 3 rings (SSSR count). The number of nitrogens with one attached hydrogen (secondary N) is 1. The van der Waals surface area contributed by atoms with Crippen LogP contribution in [-0.4, -0.2) is 46.6 Å². The van der Waals surface area contributed by atoms with E-state index in [1.807, 2.05) is 17.5 Å². The van der Waals surface area contributed by atoms with Crippen molar-refractivity contribution in [2.45, 2.75) is 13.0 Å². The van der Waals surface area contributed by atoms with Crippen molar-refractivity contribution in [3.05, 3.63) is 58.0 Å². The van der Waals surface area contributed by atoms with Gasteiger partial charge in [0.15, 0.2) is 0 Å². The molecule has 0 unspecified atom stereocenters.